The smallest absolute Gasteiger partial charge is 0.250 e. The summed E-state index contributed by atoms with van der Waals surface area (Å²) in [4.78, 5) is 11.9. The Kier molecular flexibility index (Phi) is 4.10. The second-order valence-corrected chi connectivity index (χ2v) is 5.22. The molecule has 1 heterocycles. The molecule has 1 atom stereocenters. The number of carbonyl (C=O) groups excluding carboxylic acids is 1. The van der Waals surface area contributed by atoms with E-state index in [1.165, 1.54) is 0 Å². The van der Waals surface area contributed by atoms with Crippen LogP contribution in [0.4, 0.5) is 0 Å². The van der Waals surface area contributed by atoms with Crippen molar-refractivity contribution in [2.45, 2.75) is 12.5 Å². The first-order chi connectivity index (χ1) is 10.8. The van der Waals surface area contributed by atoms with Gasteiger partial charge in [-0.15, -0.1) is 0 Å². The summed E-state index contributed by atoms with van der Waals surface area (Å²) in [6.45, 7) is 1.02. The Bertz CT molecular complexity index is 681. The van der Waals surface area contributed by atoms with E-state index >= 15 is 0 Å². The summed E-state index contributed by atoms with van der Waals surface area (Å²) < 4.78 is 5.68. The van der Waals surface area contributed by atoms with Crippen LogP contribution in [0.25, 0.3) is 0 Å². The SMILES string of the molecule is NC(=O)C1=C(NCc2ccccc2)OCC1c1ccccc1. The molecule has 1 aliphatic heterocycles. The molecule has 1 aliphatic rings. The van der Waals surface area contributed by atoms with E-state index in [9.17, 15) is 4.79 Å². The van der Waals surface area contributed by atoms with Crippen molar-refractivity contribution in [3.05, 3.63) is 83.2 Å². The van der Waals surface area contributed by atoms with Crippen LogP contribution < -0.4 is 11.1 Å². The maximum atomic E-state index is 11.9. The van der Waals surface area contributed by atoms with Crippen molar-refractivity contribution in [3.8, 4) is 0 Å². The van der Waals surface area contributed by atoms with E-state index in [1.807, 2.05) is 60.7 Å². The van der Waals surface area contributed by atoms with E-state index in [-0.39, 0.29) is 5.92 Å². The van der Waals surface area contributed by atoms with Gasteiger partial charge in [0.15, 0.2) is 5.88 Å². The first-order valence-corrected chi connectivity index (χ1v) is 7.25. The average Bonchev–Trinajstić information content (AvgIpc) is 2.99. The van der Waals surface area contributed by atoms with Crippen LogP contribution in [0.2, 0.25) is 0 Å². The zero-order chi connectivity index (χ0) is 15.4. The van der Waals surface area contributed by atoms with Crippen molar-refractivity contribution >= 4 is 5.91 Å². The number of nitrogens with one attached hydrogen (secondary N) is 1. The normalized spacial score (nSPS) is 17.2. The monoisotopic (exact) mass is 294 g/mol. The highest BCUT2D eigenvalue weighted by Gasteiger charge is 2.32. The van der Waals surface area contributed by atoms with Gasteiger partial charge in [-0.05, 0) is 11.1 Å². The maximum Gasteiger partial charge on any atom is 0.250 e. The molecule has 2 aromatic carbocycles. The highest BCUT2D eigenvalue weighted by Crippen LogP contribution is 2.32. The molecule has 1 amide bonds. The van der Waals surface area contributed by atoms with Crippen LogP contribution in [0.5, 0.6) is 0 Å². The molecule has 2 aromatic rings. The van der Waals surface area contributed by atoms with Crippen molar-refractivity contribution in [1.82, 2.24) is 5.32 Å². The Labute approximate surface area is 129 Å². The largest absolute Gasteiger partial charge is 0.478 e. The van der Waals surface area contributed by atoms with Crippen LogP contribution in [0.1, 0.15) is 17.0 Å². The fourth-order valence-electron chi connectivity index (χ4n) is 2.64. The Morgan fingerprint density at radius 1 is 1.09 bits per heavy atom. The molecular formula is C18H18N2O2. The van der Waals surface area contributed by atoms with Gasteiger partial charge in [-0.2, -0.15) is 0 Å². The number of benzene rings is 2. The predicted molar refractivity (Wildman–Crippen MR) is 84.6 cm³/mol. The first kappa shape index (κ1) is 14.2. The number of ether oxygens (including phenoxy) is 1. The molecule has 0 fully saturated rings. The number of primary amides is 1. The molecule has 0 radical (unpaired) electrons. The molecule has 4 heteroatoms. The summed E-state index contributed by atoms with van der Waals surface area (Å²) >= 11 is 0. The molecule has 0 aromatic heterocycles. The Hall–Kier alpha value is -2.75. The van der Waals surface area contributed by atoms with Gasteiger partial charge in [0, 0.05) is 6.54 Å². The van der Waals surface area contributed by atoms with E-state index in [0.29, 0.717) is 24.6 Å². The van der Waals surface area contributed by atoms with E-state index in [1.54, 1.807) is 0 Å². The van der Waals surface area contributed by atoms with Gasteiger partial charge < -0.3 is 15.8 Å². The standard InChI is InChI=1S/C18H18N2O2/c19-17(21)16-15(14-9-5-2-6-10-14)12-22-18(16)20-11-13-7-3-1-4-8-13/h1-10,15,20H,11-12H2,(H2,19,21). The van der Waals surface area contributed by atoms with Gasteiger partial charge >= 0.3 is 0 Å². The zero-order valence-corrected chi connectivity index (χ0v) is 12.2. The van der Waals surface area contributed by atoms with Crippen molar-refractivity contribution in [3.63, 3.8) is 0 Å². The number of rotatable bonds is 5. The highest BCUT2D eigenvalue weighted by atomic mass is 16.5. The number of hydrogen-bond donors (Lipinski definition) is 2. The lowest BCUT2D eigenvalue weighted by molar-refractivity contribution is -0.114. The van der Waals surface area contributed by atoms with Gasteiger partial charge in [0.05, 0.1) is 11.5 Å². The van der Waals surface area contributed by atoms with Gasteiger partial charge in [0.25, 0.3) is 5.91 Å². The number of nitrogens with two attached hydrogens (primary N) is 1. The fraction of sp³-hybridized carbons (Fsp3) is 0.167. The summed E-state index contributed by atoms with van der Waals surface area (Å²) in [6.07, 6.45) is 0. The molecular weight excluding hydrogens is 276 g/mol. The Morgan fingerprint density at radius 3 is 2.36 bits per heavy atom. The summed E-state index contributed by atoms with van der Waals surface area (Å²) in [5.74, 6) is -0.0657. The molecule has 0 bridgehead atoms. The zero-order valence-electron chi connectivity index (χ0n) is 12.2. The highest BCUT2D eigenvalue weighted by molar-refractivity contribution is 5.94. The van der Waals surface area contributed by atoms with Crippen LogP contribution in [0.3, 0.4) is 0 Å². The quantitative estimate of drug-likeness (QED) is 0.889. The summed E-state index contributed by atoms with van der Waals surface area (Å²) in [6, 6.07) is 19.8. The lowest BCUT2D eigenvalue weighted by Crippen LogP contribution is -2.22. The van der Waals surface area contributed by atoms with Gasteiger partial charge in [-0.25, -0.2) is 0 Å². The van der Waals surface area contributed by atoms with Gasteiger partial charge in [0.1, 0.15) is 6.61 Å². The Balaban J connectivity index is 1.81. The second-order valence-electron chi connectivity index (χ2n) is 5.22. The number of amides is 1. The van der Waals surface area contributed by atoms with Crippen LogP contribution in [-0.4, -0.2) is 12.5 Å². The third-order valence-corrected chi connectivity index (χ3v) is 3.75. The van der Waals surface area contributed by atoms with Crippen LogP contribution in [-0.2, 0) is 16.1 Å². The average molecular weight is 294 g/mol. The third kappa shape index (κ3) is 2.96. The van der Waals surface area contributed by atoms with E-state index in [2.05, 4.69) is 5.32 Å². The molecule has 3 rings (SSSR count). The van der Waals surface area contributed by atoms with Crippen molar-refractivity contribution in [2.75, 3.05) is 6.61 Å². The van der Waals surface area contributed by atoms with Crippen molar-refractivity contribution in [2.24, 2.45) is 5.73 Å². The maximum absolute atomic E-state index is 11.9. The molecule has 4 nitrogen and oxygen atoms in total. The molecule has 22 heavy (non-hydrogen) atoms. The second kappa shape index (κ2) is 6.35. The van der Waals surface area contributed by atoms with Crippen molar-refractivity contribution in [1.29, 1.82) is 0 Å². The first-order valence-electron chi connectivity index (χ1n) is 7.25. The summed E-state index contributed by atoms with van der Waals surface area (Å²) in [5, 5.41) is 3.19. The molecule has 0 spiro atoms. The topological polar surface area (TPSA) is 64.4 Å². The molecule has 0 saturated carbocycles. The lowest BCUT2D eigenvalue weighted by Gasteiger charge is -2.10. The van der Waals surface area contributed by atoms with Crippen LogP contribution >= 0.6 is 0 Å². The minimum Gasteiger partial charge on any atom is -0.478 e. The van der Waals surface area contributed by atoms with E-state index in [0.717, 1.165) is 11.1 Å². The third-order valence-electron chi connectivity index (χ3n) is 3.75. The molecule has 3 N–H and O–H groups in total. The fourth-order valence-corrected chi connectivity index (χ4v) is 2.64. The minimum absolute atomic E-state index is 0.114. The summed E-state index contributed by atoms with van der Waals surface area (Å²) in [5.41, 5.74) is 8.24. The van der Waals surface area contributed by atoms with Crippen molar-refractivity contribution < 1.29 is 9.53 Å². The minimum atomic E-state index is -0.443. The lowest BCUT2D eigenvalue weighted by atomic mass is 9.93. The van der Waals surface area contributed by atoms with Gasteiger partial charge in [-0.3, -0.25) is 4.79 Å². The van der Waals surface area contributed by atoms with E-state index < -0.39 is 5.91 Å². The molecule has 1 unspecified atom stereocenters. The number of hydrogen-bond acceptors (Lipinski definition) is 3. The molecule has 0 saturated heterocycles. The molecule has 0 aliphatic carbocycles. The van der Waals surface area contributed by atoms with Gasteiger partial charge in [-0.1, -0.05) is 60.7 Å². The van der Waals surface area contributed by atoms with E-state index in [4.69, 9.17) is 10.5 Å². The summed E-state index contributed by atoms with van der Waals surface area (Å²) in [7, 11) is 0. The van der Waals surface area contributed by atoms with Crippen LogP contribution in [0, 0.1) is 0 Å². The van der Waals surface area contributed by atoms with Crippen LogP contribution in [0.15, 0.2) is 72.1 Å². The Morgan fingerprint density at radius 2 is 1.73 bits per heavy atom. The predicted octanol–water partition coefficient (Wildman–Crippen LogP) is 2.29. The number of carbonyl (C=O) groups is 1. The van der Waals surface area contributed by atoms with Gasteiger partial charge in [0.2, 0.25) is 0 Å². The molecule has 112 valence electrons.